The van der Waals surface area contributed by atoms with Crippen molar-refractivity contribution >= 4 is 5.69 Å². The molecule has 0 aromatic heterocycles. The maximum Gasteiger partial charge on any atom is 0.0991 e. The summed E-state index contributed by atoms with van der Waals surface area (Å²) in [5, 5.41) is 12.6. The van der Waals surface area contributed by atoms with Gasteiger partial charge < -0.3 is 15.0 Å². The van der Waals surface area contributed by atoms with Gasteiger partial charge in [-0.15, -0.1) is 0 Å². The summed E-state index contributed by atoms with van der Waals surface area (Å²) in [4.78, 5) is 2.40. The Morgan fingerprint density at radius 3 is 2.43 bits per heavy atom. The Hall–Kier alpha value is -1.57. The Labute approximate surface area is 139 Å². The van der Waals surface area contributed by atoms with E-state index in [4.69, 9.17) is 10.00 Å². The SMILES string of the molecule is CC(C)(C)NC1COC2(CCN(c3ccc(C#N)cc3)CC2)C1. The normalized spacial score (nSPS) is 23.9. The van der Waals surface area contributed by atoms with Crippen LogP contribution >= 0.6 is 0 Å². The molecule has 1 spiro atoms. The lowest BCUT2D eigenvalue weighted by molar-refractivity contribution is -0.0151. The molecule has 0 amide bonds. The number of nitrogens with zero attached hydrogens (tertiary/aromatic N) is 2. The van der Waals surface area contributed by atoms with Gasteiger partial charge in [0.25, 0.3) is 0 Å². The smallest absolute Gasteiger partial charge is 0.0991 e. The first kappa shape index (κ1) is 16.3. The molecular formula is C19H27N3O. The van der Waals surface area contributed by atoms with Gasteiger partial charge in [0, 0.05) is 30.4 Å². The number of ether oxygens (including phenoxy) is 1. The molecule has 1 aromatic rings. The number of benzene rings is 1. The van der Waals surface area contributed by atoms with Crippen LogP contribution in [0.4, 0.5) is 5.69 Å². The van der Waals surface area contributed by atoms with Gasteiger partial charge in [-0.3, -0.25) is 0 Å². The monoisotopic (exact) mass is 313 g/mol. The summed E-state index contributed by atoms with van der Waals surface area (Å²) in [6.07, 6.45) is 3.27. The minimum absolute atomic E-state index is 0.0615. The standard InChI is InChI=1S/C19H27N3O/c1-18(2,3)21-16-12-19(23-14-16)8-10-22(11-9-19)17-6-4-15(13-20)5-7-17/h4-7,16,21H,8-12,14H2,1-3H3. The molecule has 2 heterocycles. The molecule has 0 aliphatic carbocycles. The molecule has 1 atom stereocenters. The van der Waals surface area contributed by atoms with E-state index < -0.39 is 0 Å². The number of hydrogen-bond donors (Lipinski definition) is 1. The molecule has 2 aliphatic heterocycles. The van der Waals surface area contributed by atoms with Crippen LogP contribution in [0.5, 0.6) is 0 Å². The molecule has 23 heavy (non-hydrogen) atoms. The van der Waals surface area contributed by atoms with Crippen LogP contribution in [0.2, 0.25) is 0 Å². The van der Waals surface area contributed by atoms with E-state index in [1.54, 1.807) is 0 Å². The molecule has 124 valence electrons. The van der Waals surface area contributed by atoms with Crippen molar-refractivity contribution in [2.75, 3.05) is 24.6 Å². The third-order valence-corrected chi connectivity index (χ3v) is 4.88. The highest BCUT2D eigenvalue weighted by atomic mass is 16.5. The Bertz CT molecular complexity index is 574. The van der Waals surface area contributed by atoms with Gasteiger partial charge in [-0.2, -0.15) is 5.26 Å². The minimum Gasteiger partial charge on any atom is -0.373 e. The van der Waals surface area contributed by atoms with Crippen molar-refractivity contribution in [3.63, 3.8) is 0 Å². The van der Waals surface area contributed by atoms with Gasteiger partial charge in [0.05, 0.1) is 23.8 Å². The van der Waals surface area contributed by atoms with Crippen LogP contribution in [-0.2, 0) is 4.74 Å². The van der Waals surface area contributed by atoms with Gasteiger partial charge in [-0.05, 0) is 64.3 Å². The van der Waals surface area contributed by atoms with Crippen molar-refractivity contribution in [2.45, 2.75) is 57.2 Å². The molecule has 0 radical (unpaired) electrons. The lowest BCUT2D eigenvalue weighted by Gasteiger charge is -2.40. The number of anilines is 1. The lowest BCUT2D eigenvalue weighted by atomic mass is 9.86. The maximum absolute atomic E-state index is 8.90. The zero-order chi connectivity index (χ0) is 16.5. The van der Waals surface area contributed by atoms with E-state index in [0.717, 1.165) is 44.5 Å². The van der Waals surface area contributed by atoms with Crippen LogP contribution in [0, 0.1) is 11.3 Å². The fraction of sp³-hybridized carbons (Fsp3) is 0.632. The van der Waals surface area contributed by atoms with Crippen LogP contribution in [0.1, 0.15) is 45.6 Å². The molecule has 0 saturated carbocycles. The highest BCUT2D eigenvalue weighted by molar-refractivity contribution is 5.50. The predicted octanol–water partition coefficient (Wildman–Crippen LogP) is 3.07. The van der Waals surface area contributed by atoms with Crippen LogP contribution in [0.15, 0.2) is 24.3 Å². The summed E-state index contributed by atoms with van der Waals surface area (Å²) in [6.45, 7) is 9.51. The number of piperidine rings is 1. The van der Waals surface area contributed by atoms with E-state index >= 15 is 0 Å². The second kappa shape index (κ2) is 6.14. The van der Waals surface area contributed by atoms with Gasteiger partial charge >= 0.3 is 0 Å². The topological polar surface area (TPSA) is 48.3 Å². The van der Waals surface area contributed by atoms with Gasteiger partial charge in [0.2, 0.25) is 0 Å². The fourth-order valence-corrected chi connectivity index (χ4v) is 3.82. The van der Waals surface area contributed by atoms with Crippen LogP contribution in [-0.4, -0.2) is 36.9 Å². The highest BCUT2D eigenvalue weighted by Crippen LogP contribution is 2.37. The zero-order valence-electron chi connectivity index (χ0n) is 14.4. The second-order valence-corrected chi connectivity index (χ2v) is 7.94. The molecule has 3 rings (SSSR count). The van der Waals surface area contributed by atoms with Gasteiger partial charge in [-0.25, -0.2) is 0 Å². The van der Waals surface area contributed by atoms with E-state index in [0.29, 0.717) is 6.04 Å². The van der Waals surface area contributed by atoms with Crippen molar-refractivity contribution in [3.05, 3.63) is 29.8 Å². The van der Waals surface area contributed by atoms with Crippen molar-refractivity contribution < 1.29 is 4.74 Å². The Morgan fingerprint density at radius 1 is 1.22 bits per heavy atom. The first-order valence-electron chi connectivity index (χ1n) is 8.56. The van der Waals surface area contributed by atoms with Crippen LogP contribution in [0.3, 0.4) is 0 Å². The summed E-state index contributed by atoms with van der Waals surface area (Å²) in [5.41, 5.74) is 2.13. The van der Waals surface area contributed by atoms with Crippen molar-refractivity contribution in [2.24, 2.45) is 0 Å². The first-order chi connectivity index (χ1) is 10.9. The maximum atomic E-state index is 8.90. The summed E-state index contributed by atoms with van der Waals surface area (Å²) in [6, 6.07) is 10.5. The van der Waals surface area contributed by atoms with Gasteiger partial charge in [0.1, 0.15) is 0 Å². The average molecular weight is 313 g/mol. The number of hydrogen-bond acceptors (Lipinski definition) is 4. The number of nitrogens with one attached hydrogen (secondary N) is 1. The molecule has 0 bridgehead atoms. The van der Waals surface area contributed by atoms with E-state index in [1.807, 2.05) is 12.1 Å². The van der Waals surface area contributed by atoms with Crippen molar-refractivity contribution in [1.82, 2.24) is 5.32 Å². The van der Waals surface area contributed by atoms with Crippen LogP contribution < -0.4 is 10.2 Å². The molecule has 4 nitrogen and oxygen atoms in total. The second-order valence-electron chi connectivity index (χ2n) is 7.94. The quantitative estimate of drug-likeness (QED) is 0.911. The van der Waals surface area contributed by atoms with E-state index in [1.165, 1.54) is 5.69 Å². The average Bonchev–Trinajstić information content (AvgIpc) is 2.89. The minimum atomic E-state index is 0.0615. The third kappa shape index (κ3) is 3.85. The molecule has 4 heteroatoms. The van der Waals surface area contributed by atoms with Crippen molar-refractivity contribution in [3.8, 4) is 6.07 Å². The summed E-state index contributed by atoms with van der Waals surface area (Å²) >= 11 is 0. The number of rotatable bonds is 2. The van der Waals surface area contributed by atoms with Crippen LogP contribution in [0.25, 0.3) is 0 Å². The van der Waals surface area contributed by atoms with E-state index in [9.17, 15) is 0 Å². The summed E-state index contributed by atoms with van der Waals surface area (Å²) in [7, 11) is 0. The zero-order valence-corrected chi connectivity index (χ0v) is 14.4. The van der Waals surface area contributed by atoms with Gasteiger partial charge in [0.15, 0.2) is 0 Å². The first-order valence-corrected chi connectivity index (χ1v) is 8.56. The number of nitriles is 1. The molecule has 1 unspecified atom stereocenters. The lowest BCUT2D eigenvalue weighted by Crippen LogP contribution is -2.47. The van der Waals surface area contributed by atoms with Gasteiger partial charge in [-0.1, -0.05) is 0 Å². The summed E-state index contributed by atoms with van der Waals surface area (Å²) < 4.78 is 6.23. The molecule has 2 saturated heterocycles. The molecule has 2 fully saturated rings. The molecule has 1 N–H and O–H groups in total. The van der Waals surface area contributed by atoms with E-state index in [-0.39, 0.29) is 11.1 Å². The highest BCUT2D eigenvalue weighted by Gasteiger charge is 2.43. The van der Waals surface area contributed by atoms with Crippen molar-refractivity contribution in [1.29, 1.82) is 5.26 Å². The summed E-state index contributed by atoms with van der Waals surface area (Å²) in [5.74, 6) is 0. The Morgan fingerprint density at radius 2 is 1.87 bits per heavy atom. The fourth-order valence-electron chi connectivity index (χ4n) is 3.82. The largest absolute Gasteiger partial charge is 0.373 e. The van der Waals surface area contributed by atoms with E-state index in [2.05, 4.69) is 49.2 Å². The predicted molar refractivity (Wildman–Crippen MR) is 92.6 cm³/mol. The molecular weight excluding hydrogens is 286 g/mol. The molecule has 1 aromatic carbocycles. The molecule has 2 aliphatic rings. The Balaban J connectivity index is 1.57. The third-order valence-electron chi connectivity index (χ3n) is 4.88. The Kier molecular flexibility index (Phi) is 4.35.